The number of benzene rings is 12. The Labute approximate surface area is 402 Å². The van der Waals surface area contributed by atoms with Crippen LogP contribution < -0.4 is 9.80 Å². The molecule has 0 bridgehead atoms. The Morgan fingerprint density at radius 2 is 0.754 bits per heavy atom. The van der Waals surface area contributed by atoms with Gasteiger partial charge in [-0.25, -0.2) is 0 Å². The lowest BCUT2D eigenvalue weighted by molar-refractivity contribution is 0.752. The number of hydrogen-bond acceptors (Lipinski definition) is 2. The summed E-state index contributed by atoms with van der Waals surface area (Å²) in [6.45, 7) is 0. The molecule has 0 unspecified atom stereocenters. The summed E-state index contributed by atoms with van der Waals surface area (Å²) in [4.78, 5) is 5.00. The highest BCUT2D eigenvalue weighted by molar-refractivity contribution is 6.26. The molecule has 69 heavy (non-hydrogen) atoms. The van der Waals surface area contributed by atoms with E-state index in [9.17, 15) is 0 Å². The van der Waals surface area contributed by atoms with Crippen LogP contribution in [0.2, 0.25) is 0 Å². The minimum absolute atomic E-state index is 0.600. The standard InChI is InChI=1S/C67H44N2/c1-3-20-45(21-4-1)46-38-40-47(41-39-46)50-24-12-16-34-62(50)69(49-42-43-55-53-27-8-7-25-51(53)52-26-9-10-28-54(52)57(55)44-49)65-37-19-33-61-66(65)56-29-11-13-30-58(56)67(61)59-31-14-17-35-63(59)68(48-22-5-2-6-23-48)64-36-18-15-32-60(64)67/h1-44H. The second-order valence-electron chi connectivity index (χ2n) is 18.3. The summed E-state index contributed by atoms with van der Waals surface area (Å²) in [5, 5.41) is 7.53. The summed E-state index contributed by atoms with van der Waals surface area (Å²) in [7, 11) is 0. The summed E-state index contributed by atoms with van der Waals surface area (Å²) in [6, 6.07) is 98.8. The summed E-state index contributed by atoms with van der Waals surface area (Å²) in [5.41, 5.74) is 18.6. The molecule has 0 fully saturated rings. The van der Waals surface area contributed by atoms with Crippen molar-refractivity contribution in [2.45, 2.75) is 5.41 Å². The number of anilines is 6. The monoisotopic (exact) mass is 876 g/mol. The lowest BCUT2D eigenvalue weighted by Crippen LogP contribution is -2.36. The van der Waals surface area contributed by atoms with Gasteiger partial charge in [0.1, 0.15) is 0 Å². The minimum Gasteiger partial charge on any atom is -0.310 e. The van der Waals surface area contributed by atoms with Gasteiger partial charge in [-0.05, 0) is 125 Å². The molecule has 2 heteroatoms. The molecule has 1 heterocycles. The number of fused-ring (bicyclic) bond motifs is 15. The van der Waals surface area contributed by atoms with Gasteiger partial charge in [-0.3, -0.25) is 0 Å². The number of nitrogens with zero attached hydrogens (tertiary/aromatic N) is 2. The molecular formula is C67H44N2. The normalized spacial score (nSPS) is 13.0. The molecule has 0 amide bonds. The quantitative estimate of drug-likeness (QED) is 0.154. The third kappa shape index (κ3) is 5.79. The molecule has 1 aliphatic heterocycles. The van der Waals surface area contributed by atoms with Crippen LogP contribution in [-0.4, -0.2) is 0 Å². The Kier molecular flexibility index (Phi) is 8.84. The van der Waals surface area contributed by atoms with Crippen LogP contribution >= 0.6 is 0 Å². The molecule has 2 aliphatic rings. The van der Waals surface area contributed by atoms with E-state index >= 15 is 0 Å². The Hall–Kier alpha value is -8.98. The van der Waals surface area contributed by atoms with Gasteiger partial charge in [-0.15, -0.1) is 0 Å². The van der Waals surface area contributed by atoms with Gasteiger partial charge in [0.05, 0.1) is 28.2 Å². The Balaban J connectivity index is 1.06. The van der Waals surface area contributed by atoms with Crippen molar-refractivity contribution >= 4 is 66.4 Å². The van der Waals surface area contributed by atoms with Crippen molar-refractivity contribution in [3.63, 3.8) is 0 Å². The van der Waals surface area contributed by atoms with E-state index < -0.39 is 5.41 Å². The molecule has 0 saturated carbocycles. The van der Waals surface area contributed by atoms with Gasteiger partial charge in [0, 0.05) is 22.5 Å². The van der Waals surface area contributed by atoms with Crippen molar-refractivity contribution < 1.29 is 0 Å². The van der Waals surface area contributed by atoms with Gasteiger partial charge in [-0.1, -0.05) is 218 Å². The van der Waals surface area contributed by atoms with Crippen molar-refractivity contribution in [1.29, 1.82) is 0 Å². The molecule has 322 valence electrons. The fourth-order valence-corrected chi connectivity index (χ4v) is 12.0. The topological polar surface area (TPSA) is 6.48 Å². The zero-order chi connectivity index (χ0) is 45.5. The summed E-state index contributed by atoms with van der Waals surface area (Å²) in [6.07, 6.45) is 0. The molecule has 12 aromatic carbocycles. The van der Waals surface area contributed by atoms with Gasteiger partial charge >= 0.3 is 0 Å². The summed E-state index contributed by atoms with van der Waals surface area (Å²) >= 11 is 0. The second-order valence-corrected chi connectivity index (χ2v) is 18.3. The van der Waals surface area contributed by atoms with Crippen molar-refractivity contribution in [2.75, 3.05) is 9.80 Å². The van der Waals surface area contributed by atoms with Crippen LogP contribution in [-0.2, 0) is 5.41 Å². The molecule has 0 atom stereocenters. The van der Waals surface area contributed by atoms with E-state index in [0.29, 0.717) is 0 Å². The van der Waals surface area contributed by atoms with Crippen LogP contribution in [0.4, 0.5) is 34.1 Å². The van der Waals surface area contributed by atoms with E-state index in [1.807, 2.05) is 0 Å². The lowest BCUT2D eigenvalue weighted by Gasteiger charge is -2.45. The van der Waals surface area contributed by atoms with E-state index in [4.69, 9.17) is 0 Å². The number of hydrogen-bond donors (Lipinski definition) is 0. The molecule has 2 nitrogen and oxygen atoms in total. The first kappa shape index (κ1) is 39.2. The average molecular weight is 877 g/mol. The van der Waals surface area contributed by atoms with Crippen molar-refractivity contribution in [3.05, 3.63) is 289 Å². The summed E-state index contributed by atoms with van der Waals surface area (Å²) in [5.74, 6) is 0. The van der Waals surface area contributed by atoms with Crippen LogP contribution in [0.1, 0.15) is 22.3 Å². The van der Waals surface area contributed by atoms with Crippen LogP contribution in [0.5, 0.6) is 0 Å². The zero-order valence-electron chi connectivity index (χ0n) is 37.8. The molecule has 0 N–H and O–H groups in total. The molecule has 0 radical (unpaired) electrons. The highest BCUT2D eigenvalue weighted by atomic mass is 15.2. The van der Waals surface area contributed by atoms with Crippen molar-refractivity contribution in [1.82, 2.24) is 0 Å². The van der Waals surface area contributed by atoms with Crippen LogP contribution in [0.15, 0.2) is 267 Å². The molecular weight excluding hydrogens is 833 g/mol. The molecule has 1 spiro atoms. The molecule has 1 aliphatic carbocycles. The zero-order valence-corrected chi connectivity index (χ0v) is 37.8. The summed E-state index contributed by atoms with van der Waals surface area (Å²) < 4.78 is 0. The van der Waals surface area contributed by atoms with E-state index in [0.717, 1.165) is 33.9 Å². The first-order chi connectivity index (χ1) is 34.3. The molecule has 12 aromatic rings. The molecule has 0 saturated heterocycles. The van der Waals surface area contributed by atoms with E-state index in [1.165, 1.54) is 88.2 Å². The fraction of sp³-hybridized carbons (Fsp3) is 0.0149. The van der Waals surface area contributed by atoms with E-state index in [2.05, 4.69) is 277 Å². The lowest BCUT2D eigenvalue weighted by atomic mass is 9.64. The van der Waals surface area contributed by atoms with Crippen LogP contribution in [0, 0.1) is 0 Å². The fourth-order valence-electron chi connectivity index (χ4n) is 12.0. The molecule has 14 rings (SSSR count). The van der Waals surface area contributed by atoms with Crippen LogP contribution in [0.25, 0.3) is 65.7 Å². The second kappa shape index (κ2) is 15.6. The first-order valence-corrected chi connectivity index (χ1v) is 23.9. The smallest absolute Gasteiger partial charge is 0.0755 e. The highest BCUT2D eigenvalue weighted by Crippen LogP contribution is 2.65. The maximum absolute atomic E-state index is 2.55. The number of para-hydroxylation sites is 4. The predicted octanol–water partition coefficient (Wildman–Crippen LogP) is 18.1. The SMILES string of the molecule is c1ccc(-c2ccc(-c3ccccc3N(c3ccc4c5ccccc5c5ccccc5c4c3)c3cccc4c3-c3ccccc3C43c4ccccc4N(c4ccccc4)c4ccccc43)cc2)cc1. The van der Waals surface area contributed by atoms with Crippen molar-refractivity contribution in [2.24, 2.45) is 0 Å². The van der Waals surface area contributed by atoms with Gasteiger partial charge in [0.2, 0.25) is 0 Å². The first-order valence-electron chi connectivity index (χ1n) is 23.9. The van der Waals surface area contributed by atoms with E-state index in [-0.39, 0.29) is 0 Å². The van der Waals surface area contributed by atoms with Gasteiger partial charge < -0.3 is 9.80 Å². The predicted molar refractivity (Wildman–Crippen MR) is 290 cm³/mol. The maximum atomic E-state index is 2.55. The van der Waals surface area contributed by atoms with Crippen LogP contribution in [0.3, 0.4) is 0 Å². The minimum atomic E-state index is -0.600. The average Bonchev–Trinajstić information content (AvgIpc) is 3.73. The Bertz CT molecular complexity index is 3880. The maximum Gasteiger partial charge on any atom is 0.0755 e. The van der Waals surface area contributed by atoms with Gasteiger partial charge in [-0.2, -0.15) is 0 Å². The Morgan fingerprint density at radius 1 is 0.290 bits per heavy atom. The van der Waals surface area contributed by atoms with Gasteiger partial charge in [0.15, 0.2) is 0 Å². The van der Waals surface area contributed by atoms with E-state index in [1.54, 1.807) is 0 Å². The molecule has 0 aromatic heterocycles. The Morgan fingerprint density at radius 3 is 1.42 bits per heavy atom. The third-order valence-electron chi connectivity index (χ3n) is 14.8. The number of rotatable bonds is 6. The van der Waals surface area contributed by atoms with Crippen molar-refractivity contribution in [3.8, 4) is 33.4 Å². The third-order valence-corrected chi connectivity index (χ3v) is 14.8. The highest BCUT2D eigenvalue weighted by Gasteiger charge is 2.52. The van der Waals surface area contributed by atoms with Gasteiger partial charge in [0.25, 0.3) is 0 Å². The largest absolute Gasteiger partial charge is 0.310 e.